The van der Waals surface area contributed by atoms with E-state index in [-0.39, 0.29) is 42.0 Å². The highest BCUT2D eigenvalue weighted by Crippen LogP contribution is 2.36. The van der Waals surface area contributed by atoms with Gasteiger partial charge in [0.25, 0.3) is 23.3 Å². The average Bonchev–Trinajstić information content (AvgIpc) is 3.49. The number of rotatable bonds is 11. The number of nitrogens with one attached hydrogen (secondary N) is 3. The van der Waals surface area contributed by atoms with Gasteiger partial charge in [-0.1, -0.05) is 28.1 Å². The average molecular weight is 907 g/mol. The van der Waals surface area contributed by atoms with Crippen molar-refractivity contribution in [1.82, 2.24) is 25.4 Å². The van der Waals surface area contributed by atoms with Crippen LogP contribution in [0, 0.1) is 20.8 Å². The van der Waals surface area contributed by atoms with Gasteiger partial charge in [0, 0.05) is 104 Å². The van der Waals surface area contributed by atoms with Crippen LogP contribution in [0.25, 0.3) is 11.1 Å². The Hall–Kier alpha value is -5.64. The van der Waals surface area contributed by atoms with Crippen LogP contribution in [0.3, 0.4) is 0 Å². The van der Waals surface area contributed by atoms with E-state index in [1.54, 1.807) is 12.1 Å². The summed E-state index contributed by atoms with van der Waals surface area (Å²) in [5.74, 6) is -2.32. The number of aryl methyl sites for hydroxylation is 2. The summed E-state index contributed by atoms with van der Waals surface area (Å²) < 4.78 is 6.41. The first-order valence-electron chi connectivity index (χ1n) is 21.4. The van der Waals surface area contributed by atoms with E-state index in [4.69, 9.17) is 4.74 Å². The lowest BCUT2D eigenvalue weighted by atomic mass is 9.95. The second-order valence-electron chi connectivity index (χ2n) is 16.7. The third-order valence-corrected chi connectivity index (χ3v) is 13.5. The first-order valence-corrected chi connectivity index (χ1v) is 22.2. The van der Waals surface area contributed by atoms with Crippen molar-refractivity contribution in [3.8, 4) is 11.1 Å². The number of H-pyrrole nitrogens is 1. The van der Waals surface area contributed by atoms with E-state index in [1.807, 2.05) is 32.9 Å². The number of piperidine rings is 1. The molecule has 14 nitrogen and oxygen atoms in total. The van der Waals surface area contributed by atoms with E-state index in [2.05, 4.69) is 83.5 Å². The quantitative estimate of drug-likeness (QED) is 0.167. The molecule has 62 heavy (non-hydrogen) atoms. The molecule has 3 aromatic carbocycles. The van der Waals surface area contributed by atoms with Crippen LogP contribution >= 0.6 is 15.9 Å². The zero-order valence-corrected chi connectivity index (χ0v) is 37.2. The van der Waals surface area contributed by atoms with Crippen molar-refractivity contribution < 1.29 is 28.7 Å². The molecule has 8 rings (SSSR count). The molecule has 3 N–H and O–H groups in total. The molecule has 0 radical (unpaired) electrons. The predicted octanol–water partition coefficient (Wildman–Crippen LogP) is 5.39. The summed E-state index contributed by atoms with van der Waals surface area (Å²) in [6, 6.07) is 17.2. The number of benzene rings is 3. The maximum absolute atomic E-state index is 14.0. The molecule has 1 unspecified atom stereocenters. The molecule has 0 saturated carbocycles. The molecular formula is C47H52BrN7O7. The van der Waals surface area contributed by atoms with Gasteiger partial charge >= 0.3 is 0 Å². The van der Waals surface area contributed by atoms with Gasteiger partial charge < -0.3 is 24.8 Å². The van der Waals surface area contributed by atoms with Crippen LogP contribution in [0.1, 0.15) is 91.6 Å². The number of halogens is 1. The highest BCUT2D eigenvalue weighted by molar-refractivity contribution is 9.10. The number of pyridine rings is 1. The molecule has 5 heterocycles. The Kier molecular flexibility index (Phi) is 12.5. The van der Waals surface area contributed by atoms with Crippen LogP contribution in [0.15, 0.2) is 63.9 Å². The number of carbonyl (C=O) groups is 5. The molecule has 4 aromatic rings. The highest BCUT2D eigenvalue weighted by Gasteiger charge is 2.45. The van der Waals surface area contributed by atoms with E-state index in [1.165, 1.54) is 0 Å². The number of aromatic amines is 1. The van der Waals surface area contributed by atoms with Crippen LogP contribution in [-0.2, 0) is 27.4 Å². The van der Waals surface area contributed by atoms with Crippen molar-refractivity contribution in [2.75, 3.05) is 55.7 Å². The molecule has 3 saturated heterocycles. The lowest BCUT2D eigenvalue weighted by molar-refractivity contribution is -0.136. The van der Waals surface area contributed by atoms with Crippen molar-refractivity contribution in [1.29, 1.82) is 0 Å². The Morgan fingerprint density at radius 1 is 0.871 bits per heavy atom. The van der Waals surface area contributed by atoms with Crippen LogP contribution in [0.4, 0.5) is 11.4 Å². The van der Waals surface area contributed by atoms with E-state index >= 15 is 0 Å². The zero-order chi connectivity index (χ0) is 43.8. The summed E-state index contributed by atoms with van der Waals surface area (Å²) in [4.78, 5) is 88.7. The number of imide groups is 2. The largest absolute Gasteiger partial charge is 0.381 e. The number of carbonyl (C=O) groups excluding carboxylic acids is 5. The minimum absolute atomic E-state index is 0.0690. The molecule has 5 amide bonds. The number of ether oxygens (including phenoxy) is 1. The van der Waals surface area contributed by atoms with E-state index in [0.717, 1.165) is 95.4 Å². The Balaban J connectivity index is 0.967. The van der Waals surface area contributed by atoms with Gasteiger partial charge in [-0.2, -0.15) is 0 Å². The molecule has 1 aromatic heterocycles. The van der Waals surface area contributed by atoms with Crippen molar-refractivity contribution in [2.24, 2.45) is 0 Å². The van der Waals surface area contributed by atoms with E-state index in [9.17, 15) is 28.8 Å². The topological polar surface area (TPSA) is 164 Å². The number of hydrogen-bond acceptors (Lipinski definition) is 10. The molecule has 4 aliphatic rings. The molecule has 0 spiro atoms. The van der Waals surface area contributed by atoms with Crippen LogP contribution < -0.4 is 26.0 Å². The summed E-state index contributed by atoms with van der Waals surface area (Å²) in [5, 5.41) is 5.28. The fourth-order valence-corrected chi connectivity index (χ4v) is 9.78. The summed E-state index contributed by atoms with van der Waals surface area (Å²) in [5.41, 5.74) is 8.83. The highest BCUT2D eigenvalue weighted by atomic mass is 79.9. The Bertz CT molecular complexity index is 2510. The normalized spacial score (nSPS) is 18.6. The first kappa shape index (κ1) is 43.0. The molecule has 4 aliphatic heterocycles. The lowest BCUT2D eigenvalue weighted by Crippen LogP contribution is -2.54. The smallest absolute Gasteiger partial charge is 0.262 e. The molecule has 3 fully saturated rings. The second kappa shape index (κ2) is 18.0. The lowest BCUT2D eigenvalue weighted by Gasteiger charge is -2.37. The third-order valence-electron chi connectivity index (χ3n) is 12.8. The summed E-state index contributed by atoms with van der Waals surface area (Å²) in [7, 11) is 0. The van der Waals surface area contributed by atoms with Crippen LogP contribution in [0.2, 0.25) is 0 Å². The van der Waals surface area contributed by atoms with Crippen molar-refractivity contribution in [2.45, 2.75) is 78.6 Å². The van der Waals surface area contributed by atoms with E-state index < -0.39 is 29.7 Å². The molecule has 0 aliphatic carbocycles. The standard InChI is InChI=1S/C47H52BrN7O7/c1-5-54(34-12-18-62-19-13-34)41-23-31(21-35(29(41)4)43(57)49-25-38-27(2)20-28(3)50-44(38)58)30-6-8-33(9-7-30)53-16-14-52(15-17-53)26-32-22-36-37(24-39(32)48)47(61)55(46(36)60)40-10-11-42(56)51-45(40)59/h6-9,20-24,34,40H,5,10-19,25-26H2,1-4H3,(H,49,57)(H,50,58)(H,51,56,59). The van der Waals surface area contributed by atoms with Gasteiger partial charge in [0.05, 0.1) is 11.1 Å². The fourth-order valence-electron chi connectivity index (χ4n) is 9.31. The summed E-state index contributed by atoms with van der Waals surface area (Å²) in [6.07, 6.45) is 2.00. The second-order valence-corrected chi connectivity index (χ2v) is 17.5. The van der Waals surface area contributed by atoms with Gasteiger partial charge in [-0.05, 0) is 117 Å². The molecule has 1 atom stereocenters. The SMILES string of the molecule is CCN(c1cc(-c2ccc(N3CCN(Cc4cc5c(cc4Br)C(=O)N(C4CCC(=O)NC4=O)C5=O)CC3)cc2)cc(C(=O)NCc2c(C)cc(C)[nH]c2=O)c1C)C1CCOCC1. The molecular weight excluding hydrogens is 854 g/mol. The molecule has 15 heteroatoms. The van der Waals surface area contributed by atoms with Gasteiger partial charge in [-0.3, -0.25) is 43.9 Å². The number of nitrogens with zero attached hydrogens (tertiary/aromatic N) is 4. The monoisotopic (exact) mass is 905 g/mol. The predicted molar refractivity (Wildman–Crippen MR) is 239 cm³/mol. The number of anilines is 2. The Labute approximate surface area is 369 Å². The number of piperazine rings is 1. The third kappa shape index (κ3) is 8.57. The molecule has 324 valence electrons. The first-order chi connectivity index (χ1) is 29.8. The van der Waals surface area contributed by atoms with Crippen LogP contribution in [0.5, 0.6) is 0 Å². The minimum atomic E-state index is -1.01. The van der Waals surface area contributed by atoms with Crippen LogP contribution in [-0.4, -0.2) is 102 Å². The van der Waals surface area contributed by atoms with Crippen molar-refractivity contribution in [3.63, 3.8) is 0 Å². The van der Waals surface area contributed by atoms with E-state index in [0.29, 0.717) is 41.4 Å². The fraction of sp³-hybridized carbons (Fsp3) is 0.404. The Morgan fingerprint density at radius 3 is 2.23 bits per heavy atom. The number of aromatic nitrogens is 1. The van der Waals surface area contributed by atoms with Gasteiger partial charge in [-0.15, -0.1) is 0 Å². The summed E-state index contributed by atoms with van der Waals surface area (Å²) in [6.45, 7) is 13.9. The Morgan fingerprint density at radius 2 is 1.56 bits per heavy atom. The maximum Gasteiger partial charge on any atom is 0.262 e. The van der Waals surface area contributed by atoms with Crippen molar-refractivity contribution in [3.05, 3.63) is 114 Å². The molecule has 0 bridgehead atoms. The minimum Gasteiger partial charge on any atom is -0.381 e. The summed E-state index contributed by atoms with van der Waals surface area (Å²) >= 11 is 3.63. The number of fused-ring (bicyclic) bond motifs is 1. The van der Waals surface area contributed by atoms with Crippen molar-refractivity contribution >= 4 is 56.8 Å². The number of hydrogen-bond donors (Lipinski definition) is 3. The maximum atomic E-state index is 14.0. The zero-order valence-electron chi connectivity index (χ0n) is 35.6. The van der Waals surface area contributed by atoms with Gasteiger partial charge in [0.1, 0.15) is 6.04 Å². The van der Waals surface area contributed by atoms with Gasteiger partial charge in [0.2, 0.25) is 11.8 Å². The van der Waals surface area contributed by atoms with Gasteiger partial charge in [0.15, 0.2) is 0 Å². The number of amides is 5. The van der Waals surface area contributed by atoms with Gasteiger partial charge in [-0.25, -0.2) is 0 Å².